The van der Waals surface area contributed by atoms with Crippen LogP contribution in [0, 0.1) is 12.7 Å². The highest BCUT2D eigenvalue weighted by molar-refractivity contribution is 9.10. The van der Waals surface area contributed by atoms with E-state index in [-0.39, 0.29) is 23.8 Å². The second-order valence-corrected chi connectivity index (χ2v) is 6.07. The Morgan fingerprint density at radius 1 is 1.42 bits per heavy atom. The highest BCUT2D eigenvalue weighted by Crippen LogP contribution is 2.23. The lowest BCUT2D eigenvalue weighted by Gasteiger charge is -2.24. The summed E-state index contributed by atoms with van der Waals surface area (Å²) in [5.41, 5.74) is 1.29. The molecule has 0 fully saturated rings. The van der Waals surface area contributed by atoms with Crippen LogP contribution in [0.5, 0.6) is 0 Å². The van der Waals surface area contributed by atoms with Gasteiger partial charge in [-0.25, -0.2) is 4.39 Å². The number of hydrogen-bond acceptors (Lipinski definition) is 2. The lowest BCUT2D eigenvalue weighted by atomic mass is 10.0. The lowest BCUT2D eigenvalue weighted by molar-refractivity contribution is -0.121. The second-order valence-electron chi connectivity index (χ2n) is 5.22. The van der Waals surface area contributed by atoms with Gasteiger partial charge < -0.3 is 10.6 Å². The monoisotopic (exact) mass is 330 g/mol. The molecule has 0 heterocycles. The van der Waals surface area contributed by atoms with Crippen molar-refractivity contribution in [3.05, 3.63) is 28.0 Å². The molecule has 2 N–H and O–H groups in total. The first-order valence-electron chi connectivity index (χ1n) is 6.25. The summed E-state index contributed by atoms with van der Waals surface area (Å²) >= 11 is 3.13. The van der Waals surface area contributed by atoms with Crippen LogP contribution in [-0.4, -0.2) is 18.0 Å². The fourth-order valence-electron chi connectivity index (χ4n) is 1.52. The minimum absolute atomic E-state index is 0.102. The molecule has 1 aromatic rings. The van der Waals surface area contributed by atoms with Gasteiger partial charge in [-0.05, 0) is 60.8 Å². The van der Waals surface area contributed by atoms with Crippen LogP contribution in [0.2, 0.25) is 0 Å². The molecule has 0 atom stereocenters. The van der Waals surface area contributed by atoms with Crippen molar-refractivity contribution in [2.45, 2.75) is 39.7 Å². The number of aryl methyl sites for hydroxylation is 1. The van der Waals surface area contributed by atoms with Gasteiger partial charge in [0.2, 0.25) is 5.91 Å². The van der Waals surface area contributed by atoms with Crippen molar-refractivity contribution >= 4 is 27.5 Å². The average molecular weight is 331 g/mol. The van der Waals surface area contributed by atoms with Crippen molar-refractivity contribution in [2.24, 2.45) is 0 Å². The number of benzene rings is 1. The normalized spacial score (nSPS) is 11.3. The smallest absolute Gasteiger partial charge is 0.239 e. The molecule has 0 spiro atoms. The maximum absolute atomic E-state index is 13.4. The Kier molecular flexibility index (Phi) is 5.35. The molecule has 0 saturated heterocycles. The number of halogens is 2. The van der Waals surface area contributed by atoms with Crippen molar-refractivity contribution in [3.63, 3.8) is 0 Å². The lowest BCUT2D eigenvalue weighted by Crippen LogP contribution is -2.45. The topological polar surface area (TPSA) is 41.1 Å². The van der Waals surface area contributed by atoms with E-state index in [2.05, 4.69) is 26.6 Å². The van der Waals surface area contributed by atoms with Gasteiger partial charge in [0, 0.05) is 11.2 Å². The molecular weight excluding hydrogens is 311 g/mol. The average Bonchev–Trinajstić information content (AvgIpc) is 2.31. The minimum Gasteiger partial charge on any atom is -0.376 e. The fourth-order valence-corrected chi connectivity index (χ4v) is 1.98. The van der Waals surface area contributed by atoms with Crippen LogP contribution < -0.4 is 10.6 Å². The summed E-state index contributed by atoms with van der Waals surface area (Å²) in [6.45, 7) is 7.94. The van der Waals surface area contributed by atoms with Gasteiger partial charge in [-0.2, -0.15) is 0 Å². The fraction of sp³-hybridized carbons (Fsp3) is 0.500. The molecule has 0 bridgehead atoms. The summed E-state index contributed by atoms with van der Waals surface area (Å²) in [5, 5.41) is 5.87. The van der Waals surface area contributed by atoms with Gasteiger partial charge in [-0.1, -0.05) is 6.92 Å². The zero-order chi connectivity index (χ0) is 14.6. The quantitative estimate of drug-likeness (QED) is 0.865. The van der Waals surface area contributed by atoms with E-state index in [0.717, 1.165) is 12.0 Å². The van der Waals surface area contributed by atoms with Gasteiger partial charge in [0.15, 0.2) is 0 Å². The van der Waals surface area contributed by atoms with Crippen molar-refractivity contribution in [1.29, 1.82) is 0 Å². The summed E-state index contributed by atoms with van der Waals surface area (Å²) < 4.78 is 13.8. The summed E-state index contributed by atoms with van der Waals surface area (Å²) in [5.74, 6) is -0.447. The predicted molar refractivity (Wildman–Crippen MR) is 79.8 cm³/mol. The number of anilines is 1. The van der Waals surface area contributed by atoms with Gasteiger partial charge >= 0.3 is 0 Å². The van der Waals surface area contributed by atoms with Crippen molar-refractivity contribution in [3.8, 4) is 0 Å². The SMILES string of the molecule is CCC(C)(C)NC(=O)CNc1cc(F)c(Br)cc1C. The molecule has 106 valence electrons. The summed E-state index contributed by atoms with van der Waals surface area (Å²) in [6.07, 6.45) is 0.852. The third kappa shape index (κ3) is 4.82. The number of hydrogen-bond donors (Lipinski definition) is 2. The van der Waals surface area contributed by atoms with E-state index in [1.54, 1.807) is 6.07 Å². The van der Waals surface area contributed by atoms with Gasteiger partial charge in [-0.15, -0.1) is 0 Å². The highest BCUT2D eigenvalue weighted by Gasteiger charge is 2.17. The summed E-state index contributed by atoms with van der Waals surface area (Å²) in [4.78, 5) is 11.8. The van der Waals surface area contributed by atoms with E-state index in [9.17, 15) is 9.18 Å². The predicted octanol–water partition coefficient (Wildman–Crippen LogP) is 3.61. The largest absolute Gasteiger partial charge is 0.376 e. The number of rotatable bonds is 5. The number of carbonyl (C=O) groups is 1. The number of amides is 1. The molecule has 0 unspecified atom stereocenters. The van der Waals surface area contributed by atoms with E-state index in [1.807, 2.05) is 27.7 Å². The van der Waals surface area contributed by atoms with Crippen molar-refractivity contribution < 1.29 is 9.18 Å². The van der Waals surface area contributed by atoms with Crippen LogP contribution in [-0.2, 0) is 4.79 Å². The molecule has 0 aliphatic rings. The molecule has 0 radical (unpaired) electrons. The van der Waals surface area contributed by atoms with Crippen LogP contribution in [0.4, 0.5) is 10.1 Å². The summed E-state index contributed by atoms with van der Waals surface area (Å²) in [6, 6.07) is 3.07. The van der Waals surface area contributed by atoms with Gasteiger partial charge in [0.05, 0.1) is 11.0 Å². The number of carbonyl (C=O) groups excluding carboxylic acids is 1. The van der Waals surface area contributed by atoms with E-state index in [1.165, 1.54) is 6.07 Å². The van der Waals surface area contributed by atoms with Crippen LogP contribution in [0.15, 0.2) is 16.6 Å². The Hall–Kier alpha value is -1.10. The van der Waals surface area contributed by atoms with Gasteiger partial charge in [0.25, 0.3) is 0 Å². The molecule has 3 nitrogen and oxygen atoms in total. The maximum atomic E-state index is 13.4. The third-order valence-electron chi connectivity index (χ3n) is 3.07. The Labute approximate surface area is 122 Å². The van der Waals surface area contributed by atoms with E-state index < -0.39 is 0 Å². The first kappa shape index (κ1) is 16.0. The van der Waals surface area contributed by atoms with Crippen molar-refractivity contribution in [2.75, 3.05) is 11.9 Å². The Morgan fingerprint density at radius 3 is 2.63 bits per heavy atom. The molecule has 5 heteroatoms. The van der Waals surface area contributed by atoms with Crippen LogP contribution in [0.3, 0.4) is 0 Å². The molecule has 1 rings (SSSR count). The van der Waals surface area contributed by atoms with E-state index in [0.29, 0.717) is 10.2 Å². The molecule has 19 heavy (non-hydrogen) atoms. The van der Waals surface area contributed by atoms with Gasteiger partial charge in [0.1, 0.15) is 5.82 Å². The van der Waals surface area contributed by atoms with Crippen LogP contribution in [0.25, 0.3) is 0 Å². The molecule has 0 saturated carbocycles. The minimum atomic E-state index is -0.345. The summed E-state index contributed by atoms with van der Waals surface area (Å²) in [7, 11) is 0. The van der Waals surface area contributed by atoms with E-state index >= 15 is 0 Å². The second kappa shape index (κ2) is 6.37. The molecular formula is C14H20BrFN2O. The molecule has 1 amide bonds. The Balaban J connectivity index is 2.63. The zero-order valence-electron chi connectivity index (χ0n) is 11.7. The third-order valence-corrected chi connectivity index (χ3v) is 3.68. The maximum Gasteiger partial charge on any atom is 0.239 e. The molecule has 1 aromatic carbocycles. The van der Waals surface area contributed by atoms with Crippen molar-refractivity contribution in [1.82, 2.24) is 5.32 Å². The molecule has 0 aliphatic heterocycles. The standard InChI is InChI=1S/C14H20BrFN2O/c1-5-14(3,4)18-13(19)8-17-12-7-11(16)10(15)6-9(12)2/h6-7,17H,5,8H2,1-4H3,(H,18,19). The van der Waals surface area contributed by atoms with Crippen LogP contribution in [0.1, 0.15) is 32.8 Å². The Morgan fingerprint density at radius 2 is 2.05 bits per heavy atom. The number of nitrogens with one attached hydrogen (secondary N) is 2. The first-order chi connectivity index (χ1) is 8.75. The van der Waals surface area contributed by atoms with E-state index in [4.69, 9.17) is 0 Å². The zero-order valence-corrected chi connectivity index (χ0v) is 13.3. The molecule has 0 aliphatic carbocycles. The molecule has 0 aromatic heterocycles. The Bertz CT molecular complexity index is 475. The van der Waals surface area contributed by atoms with Crippen LogP contribution >= 0.6 is 15.9 Å². The highest BCUT2D eigenvalue weighted by atomic mass is 79.9. The first-order valence-corrected chi connectivity index (χ1v) is 7.05. The van der Waals surface area contributed by atoms with Gasteiger partial charge in [-0.3, -0.25) is 4.79 Å².